The van der Waals surface area contributed by atoms with Crippen LogP contribution >= 0.6 is 11.6 Å². The number of aliphatic hydroxyl groups excluding tert-OH is 1. The number of ether oxygens (including phenoxy) is 3. The van der Waals surface area contributed by atoms with Crippen LogP contribution in [0.3, 0.4) is 0 Å². The molecule has 2 saturated heterocycles. The smallest absolute Gasteiger partial charge is 0.313 e. The monoisotopic (exact) mass is 705 g/mol. The number of allylic oxidation sites excluding steroid dienone is 1. The van der Waals surface area contributed by atoms with Gasteiger partial charge < -0.3 is 34.4 Å². The van der Waals surface area contributed by atoms with Gasteiger partial charge in [0.25, 0.3) is 5.91 Å². The van der Waals surface area contributed by atoms with Gasteiger partial charge >= 0.3 is 5.97 Å². The van der Waals surface area contributed by atoms with Crippen LogP contribution in [0.2, 0.25) is 5.02 Å². The molecule has 4 aliphatic rings. The Kier molecular flexibility index (Phi) is 11.1. The number of halogens is 1. The third-order valence-electron chi connectivity index (χ3n) is 10.1. The summed E-state index contributed by atoms with van der Waals surface area (Å²) in [6.07, 6.45) is 7.51. The van der Waals surface area contributed by atoms with Gasteiger partial charge in [-0.15, -0.1) is 0 Å². The molecule has 6 rings (SSSR count). The zero-order valence-corrected chi connectivity index (χ0v) is 29.1. The lowest BCUT2D eigenvalue weighted by molar-refractivity contribution is -0.162. The summed E-state index contributed by atoms with van der Waals surface area (Å²) in [5, 5.41) is 12.8. The zero-order chi connectivity index (χ0) is 35.4. The van der Waals surface area contributed by atoms with Gasteiger partial charge in [-0.25, -0.2) is 0 Å². The second-order valence-electron chi connectivity index (χ2n) is 13.3. The van der Waals surface area contributed by atoms with E-state index in [0.29, 0.717) is 42.0 Å². The Morgan fingerprint density at radius 2 is 1.82 bits per heavy atom. The first kappa shape index (κ1) is 35.8. The maximum atomic E-state index is 14.8. The maximum absolute atomic E-state index is 14.8. The molecule has 4 aliphatic heterocycles. The number of aliphatic hydroxyl groups is 1. The van der Waals surface area contributed by atoms with Crippen molar-refractivity contribution in [3.05, 3.63) is 89.0 Å². The number of nitrogens with one attached hydrogen (secondary N) is 1. The summed E-state index contributed by atoms with van der Waals surface area (Å²) in [5.74, 6) is -3.82. The van der Waals surface area contributed by atoms with Gasteiger partial charge in [0.15, 0.2) is 0 Å². The van der Waals surface area contributed by atoms with E-state index in [4.69, 9.17) is 25.8 Å². The van der Waals surface area contributed by atoms with Crippen molar-refractivity contribution in [1.82, 2.24) is 10.2 Å². The predicted molar refractivity (Wildman–Crippen MR) is 186 cm³/mol. The molecule has 4 heterocycles. The number of amides is 3. The van der Waals surface area contributed by atoms with Crippen LogP contribution in [-0.2, 0) is 33.4 Å². The predicted octanol–water partition coefficient (Wildman–Crippen LogP) is 4.06. The topological polar surface area (TPSA) is 135 Å². The molecular weight excluding hydrogens is 662 g/mol. The molecule has 2 aromatic rings. The molecule has 2 fully saturated rings. The molecular formula is C38H44ClN3O8. The average molecular weight is 706 g/mol. The number of rotatable bonds is 9. The zero-order valence-electron chi connectivity index (χ0n) is 28.3. The fourth-order valence-corrected chi connectivity index (χ4v) is 8.19. The number of nitrogens with zero attached hydrogens (tertiary/aromatic N) is 2. The van der Waals surface area contributed by atoms with Crippen molar-refractivity contribution in [1.29, 1.82) is 0 Å². The van der Waals surface area contributed by atoms with Gasteiger partial charge in [-0.3, -0.25) is 19.2 Å². The molecule has 0 aromatic heterocycles. The highest BCUT2D eigenvalue weighted by Crippen LogP contribution is 2.54. The molecule has 2 N–H and O–H groups in total. The minimum absolute atomic E-state index is 0.0172. The van der Waals surface area contributed by atoms with E-state index in [-0.39, 0.29) is 50.4 Å². The van der Waals surface area contributed by atoms with E-state index in [1.165, 1.54) is 7.11 Å². The number of esters is 1. The molecule has 7 atom stereocenters. The van der Waals surface area contributed by atoms with Gasteiger partial charge in [0.1, 0.15) is 23.7 Å². The van der Waals surface area contributed by atoms with E-state index < -0.39 is 47.7 Å². The molecule has 12 heteroatoms. The number of benzene rings is 2. The molecule has 266 valence electrons. The third kappa shape index (κ3) is 6.71. The first-order valence-electron chi connectivity index (χ1n) is 17.3. The van der Waals surface area contributed by atoms with Gasteiger partial charge in [-0.2, -0.15) is 0 Å². The maximum Gasteiger partial charge on any atom is 0.313 e. The number of hydrogen-bond donors (Lipinski definition) is 2. The van der Waals surface area contributed by atoms with Crippen molar-refractivity contribution in [2.24, 2.45) is 11.8 Å². The van der Waals surface area contributed by atoms with Gasteiger partial charge in [-0.1, -0.05) is 78.4 Å². The third-order valence-corrected chi connectivity index (χ3v) is 10.4. The Labute approximate surface area is 297 Å². The van der Waals surface area contributed by atoms with E-state index in [1.807, 2.05) is 55.5 Å². The number of carbonyl (C=O) groups is 4. The van der Waals surface area contributed by atoms with Gasteiger partial charge in [-0.05, 0) is 49.8 Å². The first-order valence-corrected chi connectivity index (χ1v) is 17.6. The number of aryl methyl sites for hydroxylation is 1. The molecule has 50 heavy (non-hydrogen) atoms. The van der Waals surface area contributed by atoms with Gasteiger partial charge in [0.05, 0.1) is 35.4 Å². The van der Waals surface area contributed by atoms with E-state index >= 15 is 0 Å². The van der Waals surface area contributed by atoms with Crippen LogP contribution in [0, 0.1) is 18.8 Å². The van der Waals surface area contributed by atoms with Crippen LogP contribution in [0.15, 0.2) is 72.8 Å². The average Bonchev–Trinajstić information content (AvgIpc) is 3.48. The van der Waals surface area contributed by atoms with Crippen molar-refractivity contribution in [3.8, 4) is 0 Å². The molecule has 0 saturated carbocycles. The Bertz CT molecular complexity index is 1630. The normalized spacial score (nSPS) is 30.4. The summed E-state index contributed by atoms with van der Waals surface area (Å²) in [6, 6.07) is 12.7. The van der Waals surface area contributed by atoms with Crippen LogP contribution < -0.4 is 10.2 Å². The van der Waals surface area contributed by atoms with Crippen molar-refractivity contribution in [2.45, 2.75) is 68.9 Å². The van der Waals surface area contributed by atoms with Crippen LogP contribution in [0.5, 0.6) is 0 Å². The summed E-state index contributed by atoms with van der Waals surface area (Å²) in [4.78, 5) is 60.3. The molecule has 1 spiro atoms. The van der Waals surface area contributed by atoms with Crippen molar-refractivity contribution in [2.75, 3.05) is 38.3 Å². The van der Waals surface area contributed by atoms with E-state index in [0.717, 1.165) is 5.56 Å². The molecule has 3 amide bonds. The molecule has 2 aromatic carbocycles. The van der Waals surface area contributed by atoms with E-state index in [9.17, 15) is 24.3 Å². The number of likely N-dealkylation sites (tertiary alicyclic amines) is 1. The molecule has 0 aliphatic carbocycles. The number of cyclic esters (lactones) is 1. The Morgan fingerprint density at radius 1 is 1.02 bits per heavy atom. The van der Waals surface area contributed by atoms with Crippen LogP contribution in [0.25, 0.3) is 0 Å². The highest BCUT2D eigenvalue weighted by molar-refractivity contribution is 6.34. The lowest BCUT2D eigenvalue weighted by Gasteiger charge is -2.36. The van der Waals surface area contributed by atoms with Gasteiger partial charge in [0.2, 0.25) is 11.8 Å². The summed E-state index contributed by atoms with van der Waals surface area (Å²) in [5.41, 5.74) is 0.507. The standard InChI is InChI=1S/C38H44ClN3O8/c1-24-13-11-16-26(39)32(24)41-21-12-19-38-31(35(45)42(34(38)36(41)46)20-9-4-10-22-43)30-28(50-38)17-7-8-18-29(44)40-27(23-48-2)33(49-37(30)47)25-14-5-3-6-15-25/h3,5-7,11-17,19,27-28,30-31,33-34,43H,4,8-10,18,20-23H2,1-2H3,(H,40,44)/b17-7-/t27-,28-,30+,31+,33-,34-,38+/m0/s1. The SMILES string of the molecule is COC[C@@H]1NC(=O)CC/C=C\[C@@H]2O[C@@]34C=CCN(c5c(C)cccc5Cl)C(=O)[C@@H]3N(CCCCCO)C(=O)[C@H]4[C@@H]2C(=O)O[C@H]1c1ccccc1. The second-order valence-corrected chi connectivity index (χ2v) is 13.7. The van der Waals surface area contributed by atoms with Crippen molar-refractivity contribution in [3.63, 3.8) is 0 Å². The summed E-state index contributed by atoms with van der Waals surface area (Å²) in [6.45, 7) is 2.38. The molecule has 0 bridgehead atoms. The second kappa shape index (κ2) is 15.5. The molecule has 0 unspecified atom stereocenters. The quantitative estimate of drug-likeness (QED) is 0.227. The summed E-state index contributed by atoms with van der Waals surface area (Å²) < 4.78 is 18.6. The lowest BCUT2D eigenvalue weighted by atomic mass is 9.77. The highest BCUT2D eigenvalue weighted by atomic mass is 35.5. The summed E-state index contributed by atoms with van der Waals surface area (Å²) >= 11 is 6.68. The van der Waals surface area contributed by atoms with Crippen LogP contribution in [0.4, 0.5) is 5.69 Å². The Balaban J connectivity index is 1.44. The number of para-hydroxylation sites is 1. The lowest BCUT2D eigenvalue weighted by Crippen LogP contribution is -2.55. The number of methoxy groups -OCH3 is 1. The number of hydrogen-bond acceptors (Lipinski definition) is 8. The van der Waals surface area contributed by atoms with Crippen molar-refractivity contribution < 1.29 is 38.5 Å². The van der Waals surface area contributed by atoms with Crippen LogP contribution in [0.1, 0.15) is 49.3 Å². The van der Waals surface area contributed by atoms with Crippen molar-refractivity contribution >= 4 is 41.0 Å². The number of anilines is 1. The minimum Gasteiger partial charge on any atom is -0.455 e. The first-order chi connectivity index (χ1) is 24.2. The molecule has 11 nitrogen and oxygen atoms in total. The van der Waals surface area contributed by atoms with E-state index in [1.54, 1.807) is 34.1 Å². The Hall–Kier alpha value is -4.03. The number of unbranched alkanes of at least 4 members (excludes halogenated alkanes) is 2. The fraction of sp³-hybridized carbons (Fsp3) is 0.474. The number of carbonyl (C=O) groups excluding carboxylic acids is 4. The van der Waals surface area contributed by atoms with Gasteiger partial charge in [0, 0.05) is 33.2 Å². The molecule has 0 radical (unpaired) electrons. The highest BCUT2D eigenvalue weighted by Gasteiger charge is 2.72. The Morgan fingerprint density at radius 3 is 2.56 bits per heavy atom. The largest absolute Gasteiger partial charge is 0.455 e. The van der Waals surface area contributed by atoms with Crippen LogP contribution in [-0.4, -0.2) is 90.9 Å². The summed E-state index contributed by atoms with van der Waals surface area (Å²) in [7, 11) is 1.51. The minimum atomic E-state index is -1.49. The van der Waals surface area contributed by atoms with E-state index in [2.05, 4.69) is 5.32 Å². The fourth-order valence-electron chi connectivity index (χ4n) is 7.87. The number of fused-ring (bicyclic) bond motifs is 2.